The van der Waals surface area contributed by atoms with Crippen LogP contribution in [0.2, 0.25) is 0 Å². The highest BCUT2D eigenvalue weighted by Gasteiger charge is 2.56. The third kappa shape index (κ3) is 3.34. The summed E-state index contributed by atoms with van der Waals surface area (Å²) in [6.45, 7) is 2.89. The van der Waals surface area contributed by atoms with E-state index in [9.17, 15) is 13.2 Å². The Labute approximate surface area is 142 Å². The van der Waals surface area contributed by atoms with Crippen LogP contribution in [0.15, 0.2) is 30.3 Å². The first-order valence-electron chi connectivity index (χ1n) is 8.10. The first-order valence-corrected chi connectivity index (χ1v) is 9.93. The maximum absolute atomic E-state index is 12.8. The van der Waals surface area contributed by atoms with Crippen LogP contribution >= 0.6 is 0 Å². The molecule has 6 nitrogen and oxygen atoms in total. The number of nitrogens with zero attached hydrogens (tertiary/aromatic N) is 1. The molecule has 2 unspecified atom stereocenters. The maximum atomic E-state index is 12.8. The van der Waals surface area contributed by atoms with Gasteiger partial charge in [-0.15, -0.1) is 0 Å². The van der Waals surface area contributed by atoms with Crippen LogP contribution < -0.4 is 0 Å². The monoisotopic (exact) mass is 353 g/mol. The summed E-state index contributed by atoms with van der Waals surface area (Å²) in [6, 6.07) is 9.93. The Morgan fingerprint density at radius 3 is 2.54 bits per heavy atom. The molecule has 0 N–H and O–H groups in total. The number of hydrogen-bond donors (Lipinski definition) is 0. The summed E-state index contributed by atoms with van der Waals surface area (Å²) >= 11 is 0. The Kier molecular flexibility index (Phi) is 4.68. The topological polar surface area (TPSA) is 72.9 Å². The van der Waals surface area contributed by atoms with Crippen molar-refractivity contribution in [3.05, 3.63) is 35.9 Å². The number of amides is 1. The number of rotatable bonds is 3. The molecule has 0 bridgehead atoms. The highest BCUT2D eigenvalue weighted by Crippen LogP contribution is 2.32. The molecule has 2 aliphatic rings. The second-order valence-corrected chi connectivity index (χ2v) is 8.68. The number of ether oxygens (including phenoxy) is 2. The molecule has 2 atom stereocenters. The summed E-state index contributed by atoms with van der Waals surface area (Å²) in [4.78, 5) is 14.5. The Hall–Kier alpha value is -1.44. The molecule has 2 fully saturated rings. The lowest BCUT2D eigenvalue weighted by Crippen LogP contribution is -2.65. The SMILES string of the molecule is COC1(C(=O)N2CCC(c3ccccc3)OC(C)C2)CS(=O)(=O)C1. The van der Waals surface area contributed by atoms with E-state index >= 15 is 0 Å². The van der Waals surface area contributed by atoms with E-state index in [-0.39, 0.29) is 29.6 Å². The number of benzene rings is 1. The van der Waals surface area contributed by atoms with Gasteiger partial charge in [0.15, 0.2) is 15.4 Å². The summed E-state index contributed by atoms with van der Waals surface area (Å²) in [6.07, 6.45) is 0.474. The Morgan fingerprint density at radius 1 is 1.29 bits per heavy atom. The number of hydrogen-bond acceptors (Lipinski definition) is 5. The van der Waals surface area contributed by atoms with Crippen molar-refractivity contribution >= 4 is 15.7 Å². The first-order chi connectivity index (χ1) is 11.4. The van der Waals surface area contributed by atoms with E-state index in [0.717, 1.165) is 5.56 Å². The summed E-state index contributed by atoms with van der Waals surface area (Å²) in [5.41, 5.74) is -0.128. The molecular weight excluding hydrogens is 330 g/mol. The zero-order valence-electron chi connectivity index (χ0n) is 14.0. The van der Waals surface area contributed by atoms with Gasteiger partial charge in [0, 0.05) is 20.2 Å². The van der Waals surface area contributed by atoms with Crippen LogP contribution in [0.5, 0.6) is 0 Å². The fourth-order valence-electron chi connectivity index (χ4n) is 3.45. The largest absolute Gasteiger partial charge is 0.369 e. The average Bonchev–Trinajstić information content (AvgIpc) is 2.74. The zero-order chi connectivity index (χ0) is 17.4. The predicted molar refractivity (Wildman–Crippen MR) is 89.3 cm³/mol. The average molecular weight is 353 g/mol. The molecule has 0 saturated carbocycles. The third-order valence-corrected chi connectivity index (χ3v) is 6.49. The van der Waals surface area contributed by atoms with Gasteiger partial charge in [-0.3, -0.25) is 4.79 Å². The molecule has 0 spiro atoms. The predicted octanol–water partition coefficient (Wildman–Crippen LogP) is 1.18. The van der Waals surface area contributed by atoms with E-state index in [1.54, 1.807) is 4.90 Å². The number of carbonyl (C=O) groups excluding carboxylic acids is 1. The molecule has 0 radical (unpaired) electrons. The second-order valence-electron chi connectivity index (χ2n) is 6.62. The fraction of sp³-hybridized carbons (Fsp3) is 0.588. The van der Waals surface area contributed by atoms with Crippen molar-refractivity contribution in [3.8, 4) is 0 Å². The molecule has 1 aromatic rings. The molecule has 1 amide bonds. The molecule has 1 aromatic carbocycles. The van der Waals surface area contributed by atoms with E-state index in [2.05, 4.69) is 0 Å². The van der Waals surface area contributed by atoms with E-state index < -0.39 is 15.4 Å². The quantitative estimate of drug-likeness (QED) is 0.816. The van der Waals surface area contributed by atoms with Gasteiger partial charge in [0.25, 0.3) is 5.91 Å². The van der Waals surface area contributed by atoms with Crippen molar-refractivity contribution in [2.75, 3.05) is 31.7 Å². The molecule has 2 heterocycles. The van der Waals surface area contributed by atoms with Gasteiger partial charge in [-0.1, -0.05) is 30.3 Å². The van der Waals surface area contributed by atoms with Crippen LogP contribution in [-0.2, 0) is 24.1 Å². The van der Waals surface area contributed by atoms with Crippen LogP contribution in [-0.4, -0.2) is 62.6 Å². The van der Waals surface area contributed by atoms with Gasteiger partial charge < -0.3 is 14.4 Å². The summed E-state index contributed by atoms with van der Waals surface area (Å²) < 4.78 is 34.4. The minimum Gasteiger partial charge on any atom is -0.369 e. The zero-order valence-corrected chi connectivity index (χ0v) is 14.8. The van der Waals surface area contributed by atoms with Crippen molar-refractivity contribution < 1.29 is 22.7 Å². The minimum absolute atomic E-state index is 0.0670. The van der Waals surface area contributed by atoms with Crippen LogP contribution in [0, 0.1) is 0 Å². The smallest absolute Gasteiger partial charge is 0.257 e. The Bertz CT molecular complexity index is 691. The molecule has 2 saturated heterocycles. The van der Waals surface area contributed by atoms with Crippen LogP contribution in [0.25, 0.3) is 0 Å². The number of carbonyl (C=O) groups is 1. The molecule has 0 aromatic heterocycles. The fourth-order valence-corrected chi connectivity index (χ4v) is 5.27. The third-order valence-electron chi connectivity index (χ3n) is 4.68. The Morgan fingerprint density at radius 2 is 1.96 bits per heavy atom. The maximum Gasteiger partial charge on any atom is 0.257 e. The standard InChI is InChI=1S/C17H23NO5S/c1-13-10-18(16(19)17(22-2)11-24(20,21)12-17)9-8-15(23-13)14-6-4-3-5-7-14/h3-7,13,15H,8-12H2,1-2H3. The van der Waals surface area contributed by atoms with Gasteiger partial charge >= 0.3 is 0 Å². The highest BCUT2D eigenvalue weighted by molar-refractivity contribution is 7.93. The highest BCUT2D eigenvalue weighted by atomic mass is 32.2. The molecule has 2 aliphatic heterocycles. The summed E-state index contributed by atoms with van der Waals surface area (Å²) in [7, 11) is -1.77. The van der Waals surface area contributed by atoms with Gasteiger partial charge in [0.2, 0.25) is 0 Å². The summed E-state index contributed by atoms with van der Waals surface area (Å²) in [5, 5.41) is 0. The van der Waals surface area contributed by atoms with Gasteiger partial charge in [0.05, 0.1) is 23.7 Å². The molecular formula is C17H23NO5S. The van der Waals surface area contributed by atoms with Gasteiger partial charge in [-0.25, -0.2) is 8.42 Å². The van der Waals surface area contributed by atoms with Gasteiger partial charge in [0.1, 0.15) is 0 Å². The Balaban J connectivity index is 1.73. The first kappa shape index (κ1) is 17.4. The van der Waals surface area contributed by atoms with Crippen molar-refractivity contribution in [1.82, 2.24) is 4.90 Å². The summed E-state index contributed by atoms with van der Waals surface area (Å²) in [5.74, 6) is -0.712. The van der Waals surface area contributed by atoms with Crippen LogP contribution in [0.3, 0.4) is 0 Å². The van der Waals surface area contributed by atoms with E-state index in [0.29, 0.717) is 19.5 Å². The van der Waals surface area contributed by atoms with Crippen molar-refractivity contribution in [3.63, 3.8) is 0 Å². The number of sulfone groups is 1. The molecule has 7 heteroatoms. The van der Waals surface area contributed by atoms with Gasteiger partial charge in [-0.2, -0.15) is 0 Å². The van der Waals surface area contributed by atoms with Crippen LogP contribution in [0.4, 0.5) is 0 Å². The lowest BCUT2D eigenvalue weighted by Gasteiger charge is -2.41. The van der Waals surface area contributed by atoms with E-state index in [1.807, 2.05) is 37.3 Å². The number of methoxy groups -OCH3 is 1. The van der Waals surface area contributed by atoms with E-state index in [4.69, 9.17) is 9.47 Å². The lowest BCUT2D eigenvalue weighted by molar-refractivity contribution is -0.152. The normalized spacial score (nSPS) is 28.7. The minimum atomic E-state index is -3.17. The molecule has 132 valence electrons. The molecule has 24 heavy (non-hydrogen) atoms. The molecule has 0 aliphatic carbocycles. The lowest BCUT2D eigenvalue weighted by atomic mass is 10.0. The van der Waals surface area contributed by atoms with Crippen molar-refractivity contribution in [1.29, 1.82) is 0 Å². The molecule has 3 rings (SSSR count). The van der Waals surface area contributed by atoms with Crippen LogP contribution in [0.1, 0.15) is 25.0 Å². The van der Waals surface area contributed by atoms with E-state index in [1.165, 1.54) is 7.11 Å². The van der Waals surface area contributed by atoms with Crippen molar-refractivity contribution in [2.24, 2.45) is 0 Å². The van der Waals surface area contributed by atoms with Crippen molar-refractivity contribution in [2.45, 2.75) is 31.2 Å². The van der Waals surface area contributed by atoms with Gasteiger partial charge in [-0.05, 0) is 18.9 Å². The second kappa shape index (κ2) is 6.46.